The molecule has 3 amide bonds. The first-order valence-corrected chi connectivity index (χ1v) is 12.6. The van der Waals surface area contributed by atoms with E-state index in [1.54, 1.807) is 36.4 Å². The van der Waals surface area contributed by atoms with Gasteiger partial charge in [-0.15, -0.1) is 0 Å². The first-order chi connectivity index (χ1) is 16.3. The number of sulfonamides is 1. The highest BCUT2D eigenvalue weighted by Gasteiger charge is 2.42. The second-order valence-electron chi connectivity index (χ2n) is 8.36. The summed E-state index contributed by atoms with van der Waals surface area (Å²) < 4.78 is 32.8. The van der Waals surface area contributed by atoms with Crippen molar-refractivity contribution in [2.24, 2.45) is 0 Å². The average molecular weight is 486 g/mol. The van der Waals surface area contributed by atoms with Crippen LogP contribution in [0, 0.1) is 0 Å². The summed E-state index contributed by atoms with van der Waals surface area (Å²) in [5.74, 6) is -1.14. The zero-order chi connectivity index (χ0) is 24.3. The highest BCUT2D eigenvalue weighted by molar-refractivity contribution is 7.89. The number of morpholine rings is 1. The van der Waals surface area contributed by atoms with Gasteiger partial charge in [-0.3, -0.25) is 19.7 Å². The fourth-order valence-electron chi connectivity index (χ4n) is 4.44. The van der Waals surface area contributed by atoms with Gasteiger partial charge in [-0.1, -0.05) is 31.2 Å². The molecule has 9 nitrogen and oxygen atoms in total. The molecule has 0 bridgehead atoms. The molecule has 4 rings (SSSR count). The van der Waals surface area contributed by atoms with Gasteiger partial charge >= 0.3 is 0 Å². The molecule has 2 N–H and O–H groups in total. The van der Waals surface area contributed by atoms with Gasteiger partial charge in [-0.2, -0.15) is 4.31 Å². The van der Waals surface area contributed by atoms with Gasteiger partial charge in [0.15, 0.2) is 0 Å². The van der Waals surface area contributed by atoms with Crippen molar-refractivity contribution in [3.05, 3.63) is 59.7 Å². The number of benzene rings is 2. The number of nitrogens with zero attached hydrogens (tertiary/aromatic N) is 1. The van der Waals surface area contributed by atoms with E-state index < -0.39 is 21.3 Å². The van der Waals surface area contributed by atoms with E-state index >= 15 is 0 Å². The van der Waals surface area contributed by atoms with Crippen molar-refractivity contribution in [2.75, 3.05) is 31.6 Å². The van der Waals surface area contributed by atoms with Crippen LogP contribution in [0.5, 0.6) is 0 Å². The van der Waals surface area contributed by atoms with Crippen LogP contribution in [0.2, 0.25) is 0 Å². The van der Waals surface area contributed by atoms with Crippen molar-refractivity contribution in [1.29, 1.82) is 0 Å². The first-order valence-electron chi connectivity index (χ1n) is 11.2. The number of carbonyl (C=O) groups is 3. The Kier molecular flexibility index (Phi) is 6.83. The fraction of sp³-hybridized carbons (Fsp3) is 0.375. The lowest BCUT2D eigenvalue weighted by molar-refractivity contribution is -0.138. The lowest BCUT2D eigenvalue weighted by Crippen LogP contribution is -2.51. The van der Waals surface area contributed by atoms with Crippen LogP contribution in [0.25, 0.3) is 0 Å². The highest BCUT2D eigenvalue weighted by atomic mass is 32.2. The molecule has 1 unspecified atom stereocenters. The van der Waals surface area contributed by atoms with Gasteiger partial charge in [0, 0.05) is 25.2 Å². The van der Waals surface area contributed by atoms with Crippen molar-refractivity contribution >= 4 is 33.4 Å². The van der Waals surface area contributed by atoms with Gasteiger partial charge in [-0.25, -0.2) is 8.42 Å². The quantitative estimate of drug-likeness (QED) is 0.604. The molecule has 2 aromatic rings. The van der Waals surface area contributed by atoms with E-state index in [0.29, 0.717) is 31.7 Å². The fourth-order valence-corrected chi connectivity index (χ4v) is 6.04. The molecule has 1 atom stereocenters. The number of nitrogens with one attached hydrogen (secondary N) is 2. The van der Waals surface area contributed by atoms with E-state index in [2.05, 4.69) is 10.6 Å². The average Bonchev–Trinajstić information content (AvgIpc) is 2.85. The topological polar surface area (TPSA) is 122 Å². The minimum absolute atomic E-state index is 0.0493. The van der Waals surface area contributed by atoms with E-state index in [4.69, 9.17) is 4.74 Å². The Balaban J connectivity index is 1.55. The predicted molar refractivity (Wildman–Crippen MR) is 125 cm³/mol. The molecular weight excluding hydrogens is 458 g/mol. The summed E-state index contributed by atoms with van der Waals surface area (Å²) in [7, 11) is -3.85. The minimum atomic E-state index is -3.85. The molecule has 0 radical (unpaired) electrons. The smallest absolute Gasteiger partial charge is 0.257 e. The molecule has 10 heteroatoms. The zero-order valence-electron chi connectivity index (χ0n) is 18.9. The third-order valence-electron chi connectivity index (χ3n) is 6.48. The number of ether oxygens (including phenoxy) is 1. The van der Waals surface area contributed by atoms with Gasteiger partial charge in [-0.05, 0) is 42.7 Å². The van der Waals surface area contributed by atoms with E-state index in [9.17, 15) is 22.8 Å². The van der Waals surface area contributed by atoms with E-state index in [1.165, 1.54) is 16.4 Å². The molecule has 2 saturated heterocycles. The van der Waals surface area contributed by atoms with Gasteiger partial charge in [0.2, 0.25) is 21.8 Å². The summed E-state index contributed by atoms with van der Waals surface area (Å²) in [5.41, 5.74) is 0.474. The molecule has 2 fully saturated rings. The van der Waals surface area contributed by atoms with Crippen LogP contribution in [-0.4, -0.2) is 56.7 Å². The number of piperidine rings is 1. The SMILES string of the molecule is CCC1(c2ccc(NC(=O)c3ccccc3S(=O)(=O)N3CCOCC3)cc2)CCC(=O)NC1=O. The maximum absolute atomic E-state index is 13.1. The molecule has 0 spiro atoms. The third kappa shape index (κ3) is 4.48. The number of rotatable bonds is 6. The minimum Gasteiger partial charge on any atom is -0.379 e. The zero-order valence-corrected chi connectivity index (χ0v) is 19.7. The number of hydrogen-bond acceptors (Lipinski definition) is 6. The summed E-state index contributed by atoms with van der Waals surface area (Å²) >= 11 is 0. The van der Waals surface area contributed by atoms with Gasteiger partial charge in [0.05, 0.1) is 29.1 Å². The van der Waals surface area contributed by atoms with Crippen LogP contribution >= 0.6 is 0 Å². The molecule has 0 saturated carbocycles. The third-order valence-corrected chi connectivity index (χ3v) is 8.44. The van der Waals surface area contributed by atoms with Crippen molar-refractivity contribution in [3.63, 3.8) is 0 Å². The molecule has 0 aromatic heterocycles. The number of carbonyl (C=O) groups excluding carboxylic acids is 3. The summed E-state index contributed by atoms with van der Waals surface area (Å²) in [6.07, 6.45) is 1.23. The van der Waals surface area contributed by atoms with Crippen molar-refractivity contribution in [2.45, 2.75) is 36.5 Å². The summed E-state index contributed by atoms with van der Waals surface area (Å²) in [6.45, 7) is 2.99. The first kappa shape index (κ1) is 24.1. The number of hydrogen-bond donors (Lipinski definition) is 2. The van der Waals surface area contributed by atoms with Crippen LogP contribution in [-0.2, 0) is 29.8 Å². The Morgan fingerprint density at radius 1 is 1.09 bits per heavy atom. The Morgan fingerprint density at radius 3 is 2.41 bits per heavy atom. The number of imide groups is 1. The van der Waals surface area contributed by atoms with E-state index in [-0.39, 0.29) is 41.8 Å². The Hall–Kier alpha value is -3.08. The Bertz CT molecular complexity index is 1210. The second kappa shape index (κ2) is 9.65. The van der Waals surface area contributed by atoms with Crippen LogP contribution < -0.4 is 10.6 Å². The standard InChI is InChI=1S/C24H27N3O6S/c1-2-24(12-11-21(28)26-23(24)30)17-7-9-18(10-8-17)25-22(29)19-5-3-4-6-20(19)34(31,32)27-13-15-33-16-14-27/h3-10H,2,11-16H2,1H3,(H,25,29)(H,26,28,30). The molecule has 180 valence electrons. The molecule has 0 aliphatic carbocycles. The van der Waals surface area contributed by atoms with Crippen LogP contribution in [0.4, 0.5) is 5.69 Å². The largest absolute Gasteiger partial charge is 0.379 e. The molecule has 2 aliphatic rings. The van der Waals surface area contributed by atoms with Crippen molar-refractivity contribution in [1.82, 2.24) is 9.62 Å². The van der Waals surface area contributed by atoms with Crippen LogP contribution in [0.3, 0.4) is 0 Å². The highest BCUT2D eigenvalue weighted by Crippen LogP contribution is 2.36. The number of amides is 3. The van der Waals surface area contributed by atoms with E-state index in [1.807, 2.05) is 6.92 Å². The Morgan fingerprint density at radius 2 is 1.76 bits per heavy atom. The normalized spacial score (nSPS) is 21.7. The maximum Gasteiger partial charge on any atom is 0.257 e. The van der Waals surface area contributed by atoms with Gasteiger partial charge in [0.1, 0.15) is 0 Å². The Labute approximate surface area is 198 Å². The summed E-state index contributed by atoms with van der Waals surface area (Å²) in [6, 6.07) is 13.0. The molecule has 2 heterocycles. The van der Waals surface area contributed by atoms with Crippen LogP contribution in [0.1, 0.15) is 42.1 Å². The van der Waals surface area contributed by atoms with Gasteiger partial charge in [0.25, 0.3) is 5.91 Å². The molecule has 34 heavy (non-hydrogen) atoms. The predicted octanol–water partition coefficient (Wildman–Crippen LogP) is 2.04. The molecule has 2 aromatic carbocycles. The lowest BCUT2D eigenvalue weighted by atomic mass is 9.72. The second-order valence-corrected chi connectivity index (χ2v) is 10.3. The summed E-state index contributed by atoms with van der Waals surface area (Å²) in [4.78, 5) is 37.2. The number of anilines is 1. The maximum atomic E-state index is 13.1. The molecular formula is C24H27N3O6S. The van der Waals surface area contributed by atoms with E-state index in [0.717, 1.165) is 5.56 Å². The van der Waals surface area contributed by atoms with Crippen molar-refractivity contribution in [3.8, 4) is 0 Å². The van der Waals surface area contributed by atoms with Crippen molar-refractivity contribution < 1.29 is 27.5 Å². The van der Waals surface area contributed by atoms with Gasteiger partial charge < -0.3 is 10.1 Å². The van der Waals surface area contributed by atoms with Crippen LogP contribution in [0.15, 0.2) is 53.4 Å². The molecule has 2 aliphatic heterocycles. The monoisotopic (exact) mass is 485 g/mol. The summed E-state index contributed by atoms with van der Waals surface area (Å²) in [5, 5.41) is 5.17. The lowest BCUT2D eigenvalue weighted by Gasteiger charge is -2.35.